The van der Waals surface area contributed by atoms with E-state index in [4.69, 9.17) is 34.8 Å². The first-order valence-electron chi connectivity index (χ1n) is 3.33. The lowest BCUT2D eigenvalue weighted by Gasteiger charge is -2.31. The molecule has 0 saturated carbocycles. The number of carbonyl (C=O) groups is 1. The van der Waals surface area contributed by atoms with Gasteiger partial charge < -0.3 is 0 Å². The summed E-state index contributed by atoms with van der Waals surface area (Å²) in [5, 5.41) is 0. The lowest BCUT2D eigenvalue weighted by atomic mass is 10.3. The van der Waals surface area contributed by atoms with Crippen LogP contribution in [0.3, 0.4) is 0 Å². The third kappa shape index (κ3) is 3.21. The van der Waals surface area contributed by atoms with Gasteiger partial charge in [0.2, 0.25) is 5.91 Å². The summed E-state index contributed by atoms with van der Waals surface area (Å²) in [6.45, 7) is 6.82. The van der Waals surface area contributed by atoms with Crippen LogP contribution in [0.5, 0.6) is 0 Å². The summed E-state index contributed by atoms with van der Waals surface area (Å²) in [7, 11) is 0. The Kier molecular flexibility index (Phi) is 4.38. The maximum Gasteiger partial charge on any atom is 0.270 e. The van der Waals surface area contributed by atoms with Crippen LogP contribution >= 0.6 is 34.8 Å². The van der Waals surface area contributed by atoms with Crippen molar-refractivity contribution >= 4 is 40.7 Å². The zero-order valence-electron chi connectivity index (χ0n) is 6.85. The fraction of sp³-hybridized carbons (Fsp3) is 0.571. The molecule has 0 rings (SSSR count). The molecule has 0 unspecified atom stereocenters. The predicted molar refractivity (Wildman–Crippen MR) is 52.5 cm³/mol. The second kappa shape index (κ2) is 4.35. The molecule has 2 nitrogen and oxygen atoms in total. The lowest BCUT2D eigenvalue weighted by Crippen LogP contribution is -2.44. The van der Waals surface area contributed by atoms with Gasteiger partial charge in [0.25, 0.3) is 3.92 Å². The third-order valence-corrected chi connectivity index (χ3v) is 1.75. The Morgan fingerprint density at radius 2 is 1.92 bits per heavy atom. The highest BCUT2D eigenvalue weighted by Crippen LogP contribution is 2.32. The van der Waals surface area contributed by atoms with Gasteiger partial charge in [-0.05, 0) is 19.9 Å². The van der Waals surface area contributed by atoms with Crippen molar-refractivity contribution in [3.05, 3.63) is 12.7 Å². The minimum atomic E-state index is -1.71. The Morgan fingerprint density at radius 1 is 1.50 bits per heavy atom. The molecule has 0 N–H and O–H groups in total. The maximum atomic E-state index is 11.2. The van der Waals surface area contributed by atoms with Gasteiger partial charge in [0.05, 0.1) is 0 Å². The molecule has 0 atom stereocenters. The van der Waals surface area contributed by atoms with Gasteiger partial charge in [-0.15, -0.1) is 0 Å². The van der Waals surface area contributed by atoms with Crippen LogP contribution < -0.4 is 0 Å². The van der Waals surface area contributed by atoms with E-state index in [0.29, 0.717) is 0 Å². The molecule has 12 heavy (non-hydrogen) atoms. The van der Waals surface area contributed by atoms with E-state index in [1.54, 1.807) is 13.8 Å². The summed E-state index contributed by atoms with van der Waals surface area (Å²) < 4.78 is -1.71. The first-order valence-corrected chi connectivity index (χ1v) is 4.46. The van der Waals surface area contributed by atoms with Crippen molar-refractivity contribution in [2.24, 2.45) is 0 Å². The summed E-state index contributed by atoms with van der Waals surface area (Å²) in [6.07, 6.45) is 1.11. The molecular weight excluding hydrogens is 220 g/mol. The molecule has 0 bridgehead atoms. The van der Waals surface area contributed by atoms with E-state index in [1.165, 1.54) is 0 Å². The van der Waals surface area contributed by atoms with Crippen LogP contribution in [0.2, 0.25) is 0 Å². The molecule has 0 spiro atoms. The number of rotatable bonds is 2. The molecule has 0 heterocycles. The predicted octanol–water partition coefficient (Wildman–Crippen LogP) is 2.74. The van der Waals surface area contributed by atoms with Crippen LogP contribution in [0.25, 0.3) is 0 Å². The van der Waals surface area contributed by atoms with E-state index < -0.39 is 9.82 Å². The van der Waals surface area contributed by atoms with E-state index in [1.807, 2.05) is 0 Å². The highest BCUT2D eigenvalue weighted by Gasteiger charge is 2.34. The van der Waals surface area contributed by atoms with Gasteiger partial charge in [0, 0.05) is 6.04 Å². The Bertz CT molecular complexity index is 186. The Hall–Kier alpha value is 0.0800. The van der Waals surface area contributed by atoms with Gasteiger partial charge in [-0.1, -0.05) is 41.4 Å². The third-order valence-electron chi connectivity index (χ3n) is 1.20. The molecule has 0 aliphatic carbocycles. The molecule has 0 aliphatic rings. The standard InChI is InChI=1S/C7H10Cl3NO/c1-4-6(12)11(5(2)3)7(8,9)10/h4-5H,1H2,2-3H3. The molecule has 70 valence electrons. The lowest BCUT2D eigenvalue weighted by molar-refractivity contribution is -0.127. The minimum absolute atomic E-state index is 0.178. The number of amides is 1. The fourth-order valence-electron chi connectivity index (χ4n) is 0.771. The number of alkyl halides is 3. The van der Waals surface area contributed by atoms with Crippen LogP contribution in [0.15, 0.2) is 12.7 Å². The number of hydrogen-bond donors (Lipinski definition) is 0. The van der Waals surface area contributed by atoms with Crippen molar-refractivity contribution in [2.75, 3.05) is 0 Å². The van der Waals surface area contributed by atoms with Gasteiger partial charge in [-0.2, -0.15) is 0 Å². The van der Waals surface area contributed by atoms with Crippen LogP contribution in [0, 0.1) is 0 Å². The maximum absolute atomic E-state index is 11.2. The highest BCUT2D eigenvalue weighted by molar-refractivity contribution is 6.67. The monoisotopic (exact) mass is 229 g/mol. The van der Waals surface area contributed by atoms with Crippen molar-refractivity contribution in [3.63, 3.8) is 0 Å². The van der Waals surface area contributed by atoms with E-state index in [0.717, 1.165) is 11.0 Å². The SMILES string of the molecule is C=CC(=O)N(C(C)C)C(Cl)(Cl)Cl. The average molecular weight is 231 g/mol. The van der Waals surface area contributed by atoms with Crippen molar-refractivity contribution in [2.45, 2.75) is 23.8 Å². The first-order chi connectivity index (χ1) is 5.30. The molecule has 0 saturated heterocycles. The zero-order chi connectivity index (χ0) is 9.94. The second-order valence-corrected chi connectivity index (χ2v) is 4.70. The first kappa shape index (κ1) is 12.1. The molecule has 0 fully saturated rings. The minimum Gasteiger partial charge on any atom is -0.292 e. The molecule has 0 radical (unpaired) electrons. The molecule has 0 aromatic carbocycles. The summed E-state index contributed by atoms with van der Waals surface area (Å²) in [5.74, 6) is -0.398. The van der Waals surface area contributed by atoms with Gasteiger partial charge in [0.1, 0.15) is 0 Å². The van der Waals surface area contributed by atoms with Crippen LogP contribution in [0.1, 0.15) is 13.8 Å². The Morgan fingerprint density at radius 3 is 2.00 bits per heavy atom. The van der Waals surface area contributed by atoms with Crippen LogP contribution in [0.4, 0.5) is 0 Å². The van der Waals surface area contributed by atoms with Gasteiger partial charge in [-0.3, -0.25) is 9.69 Å². The van der Waals surface area contributed by atoms with Gasteiger partial charge in [0.15, 0.2) is 0 Å². The van der Waals surface area contributed by atoms with E-state index in [-0.39, 0.29) is 6.04 Å². The summed E-state index contributed by atoms with van der Waals surface area (Å²) in [4.78, 5) is 12.3. The largest absolute Gasteiger partial charge is 0.292 e. The molecule has 0 aliphatic heterocycles. The van der Waals surface area contributed by atoms with Crippen LogP contribution in [-0.4, -0.2) is 20.8 Å². The molecule has 0 aromatic heterocycles. The second-order valence-electron chi connectivity index (χ2n) is 2.47. The number of halogens is 3. The number of hydrogen-bond acceptors (Lipinski definition) is 1. The Balaban J connectivity index is 4.67. The topological polar surface area (TPSA) is 20.3 Å². The van der Waals surface area contributed by atoms with Gasteiger partial charge >= 0.3 is 0 Å². The summed E-state index contributed by atoms with van der Waals surface area (Å²) in [6, 6.07) is -0.178. The highest BCUT2D eigenvalue weighted by atomic mass is 35.6. The zero-order valence-corrected chi connectivity index (χ0v) is 9.12. The molecule has 0 aromatic rings. The molecular formula is C7H10Cl3NO. The van der Waals surface area contributed by atoms with Crippen molar-refractivity contribution in [1.82, 2.24) is 4.90 Å². The Labute approximate surface area is 87.1 Å². The fourth-order valence-corrected chi connectivity index (χ4v) is 1.61. The normalized spacial score (nSPS) is 11.5. The summed E-state index contributed by atoms with van der Waals surface area (Å²) >= 11 is 16.7. The van der Waals surface area contributed by atoms with Gasteiger partial charge in [-0.25, -0.2) is 0 Å². The van der Waals surface area contributed by atoms with E-state index >= 15 is 0 Å². The molecule has 1 amide bonds. The average Bonchev–Trinajstić information content (AvgIpc) is 1.83. The van der Waals surface area contributed by atoms with E-state index in [2.05, 4.69) is 6.58 Å². The van der Waals surface area contributed by atoms with Crippen LogP contribution in [-0.2, 0) is 4.79 Å². The van der Waals surface area contributed by atoms with E-state index in [9.17, 15) is 4.79 Å². The van der Waals surface area contributed by atoms with Crippen molar-refractivity contribution in [3.8, 4) is 0 Å². The van der Waals surface area contributed by atoms with Crippen molar-refractivity contribution in [1.29, 1.82) is 0 Å². The smallest absolute Gasteiger partial charge is 0.270 e. The number of nitrogens with zero attached hydrogens (tertiary/aromatic N) is 1. The molecule has 5 heteroatoms. The quantitative estimate of drug-likeness (QED) is 0.406. The van der Waals surface area contributed by atoms with Crippen molar-refractivity contribution < 1.29 is 4.79 Å². The number of carbonyl (C=O) groups excluding carboxylic acids is 1. The summed E-state index contributed by atoms with van der Waals surface area (Å²) in [5.41, 5.74) is 0.